The van der Waals surface area contributed by atoms with Crippen LogP contribution in [0.3, 0.4) is 0 Å². The zero-order valence-electron chi connectivity index (χ0n) is 13.6. The van der Waals surface area contributed by atoms with Crippen molar-refractivity contribution in [2.75, 3.05) is 6.61 Å². The van der Waals surface area contributed by atoms with Crippen LogP contribution in [0.25, 0.3) is 6.08 Å². The normalized spacial score (nSPS) is 17.0. The number of nitrogens with zero attached hydrogens (tertiary/aromatic N) is 1. The van der Waals surface area contributed by atoms with Crippen molar-refractivity contribution in [1.29, 1.82) is 0 Å². The molecule has 1 N–H and O–H groups in total. The summed E-state index contributed by atoms with van der Waals surface area (Å²) >= 11 is 16.8. The van der Waals surface area contributed by atoms with Crippen molar-refractivity contribution in [1.82, 2.24) is 5.32 Å². The first-order chi connectivity index (χ1) is 12.5. The predicted octanol–water partition coefficient (Wildman–Crippen LogP) is 6.05. The first-order valence-corrected chi connectivity index (χ1v) is 10.0. The molecule has 1 heterocycles. The van der Waals surface area contributed by atoms with Gasteiger partial charge in [0.15, 0.2) is 5.17 Å². The average molecular weight is 472 g/mol. The summed E-state index contributed by atoms with van der Waals surface area (Å²) < 4.78 is 6.32. The Morgan fingerprint density at radius 3 is 2.85 bits per heavy atom. The largest absolute Gasteiger partial charge is 0.493 e. The maximum Gasteiger partial charge on any atom is 0.264 e. The van der Waals surface area contributed by atoms with Crippen LogP contribution in [-0.4, -0.2) is 17.7 Å². The summed E-state index contributed by atoms with van der Waals surface area (Å²) in [7, 11) is 0. The van der Waals surface area contributed by atoms with E-state index in [1.165, 1.54) is 11.8 Å². The van der Waals surface area contributed by atoms with Crippen molar-refractivity contribution < 1.29 is 9.53 Å². The Labute approximate surface area is 173 Å². The van der Waals surface area contributed by atoms with Gasteiger partial charge in [-0.25, -0.2) is 4.99 Å². The van der Waals surface area contributed by atoms with Gasteiger partial charge in [0, 0.05) is 0 Å². The van der Waals surface area contributed by atoms with E-state index >= 15 is 0 Å². The third-order valence-electron chi connectivity index (χ3n) is 3.36. The standard InChI is InChI=1S/C18H13BrCl2N2O2S/c1-2-25-14-7-6-10(8-11(14)19)9-15-17(24)23-18(26-15)22-13-5-3-4-12(20)16(13)21/h3-9H,2H2,1H3,(H,22,23,24)/b15-9+. The first-order valence-electron chi connectivity index (χ1n) is 7.64. The lowest BCUT2D eigenvalue weighted by Gasteiger charge is -2.06. The van der Waals surface area contributed by atoms with Gasteiger partial charge in [-0.2, -0.15) is 0 Å². The van der Waals surface area contributed by atoms with Crippen LogP contribution in [0.15, 0.2) is 50.8 Å². The van der Waals surface area contributed by atoms with Crippen LogP contribution in [0.2, 0.25) is 10.0 Å². The number of hydrogen-bond acceptors (Lipinski definition) is 4. The molecule has 1 amide bonds. The van der Waals surface area contributed by atoms with Gasteiger partial charge < -0.3 is 10.1 Å². The van der Waals surface area contributed by atoms with Crippen LogP contribution in [-0.2, 0) is 4.79 Å². The molecule has 8 heteroatoms. The number of carbonyl (C=O) groups is 1. The summed E-state index contributed by atoms with van der Waals surface area (Å²) in [6, 6.07) is 10.8. The molecule has 0 bridgehead atoms. The fourth-order valence-corrected chi connectivity index (χ4v) is 3.88. The fourth-order valence-electron chi connectivity index (χ4n) is 2.20. The molecule has 1 fully saturated rings. The van der Waals surface area contributed by atoms with Crippen molar-refractivity contribution in [3.8, 4) is 5.75 Å². The second-order valence-electron chi connectivity index (χ2n) is 5.18. The second-order valence-corrected chi connectivity index (χ2v) is 7.85. The SMILES string of the molecule is CCOc1ccc(/C=C2/SC(=Nc3cccc(Cl)c3Cl)NC2=O)cc1Br. The third-order valence-corrected chi connectivity index (χ3v) is 5.70. The number of benzene rings is 2. The zero-order chi connectivity index (χ0) is 18.7. The molecule has 0 unspecified atom stereocenters. The molecule has 0 aromatic heterocycles. The smallest absolute Gasteiger partial charge is 0.264 e. The number of amidine groups is 1. The van der Waals surface area contributed by atoms with Gasteiger partial charge in [-0.15, -0.1) is 0 Å². The molecular formula is C18H13BrCl2N2O2S. The van der Waals surface area contributed by atoms with E-state index in [-0.39, 0.29) is 5.91 Å². The number of carbonyl (C=O) groups excluding carboxylic acids is 1. The van der Waals surface area contributed by atoms with E-state index in [9.17, 15) is 4.79 Å². The number of hydrogen-bond donors (Lipinski definition) is 1. The molecule has 0 radical (unpaired) electrons. The Hall–Kier alpha value is -1.47. The van der Waals surface area contributed by atoms with Crippen LogP contribution in [0.5, 0.6) is 5.75 Å². The first kappa shape index (κ1) is 19.3. The van der Waals surface area contributed by atoms with Crippen molar-refractivity contribution in [3.05, 3.63) is 61.4 Å². The minimum atomic E-state index is -0.211. The van der Waals surface area contributed by atoms with Crippen LogP contribution < -0.4 is 10.1 Å². The van der Waals surface area contributed by atoms with Crippen LogP contribution in [0.1, 0.15) is 12.5 Å². The highest BCUT2D eigenvalue weighted by atomic mass is 79.9. The van der Waals surface area contributed by atoms with E-state index in [1.807, 2.05) is 25.1 Å². The molecule has 4 nitrogen and oxygen atoms in total. The van der Waals surface area contributed by atoms with E-state index in [2.05, 4.69) is 26.2 Å². The molecule has 1 aliphatic heterocycles. The van der Waals surface area contributed by atoms with Gasteiger partial charge in [0.05, 0.1) is 31.7 Å². The number of rotatable bonds is 4. The number of aliphatic imine (C=N–C) groups is 1. The van der Waals surface area contributed by atoms with Crippen molar-refractivity contribution >= 4 is 73.7 Å². The molecule has 1 saturated heterocycles. The summed E-state index contributed by atoms with van der Waals surface area (Å²) in [5.41, 5.74) is 1.38. The molecule has 3 rings (SSSR count). The molecule has 2 aromatic carbocycles. The Kier molecular flexibility index (Phi) is 6.29. The van der Waals surface area contributed by atoms with E-state index in [0.29, 0.717) is 32.4 Å². The van der Waals surface area contributed by atoms with Gasteiger partial charge in [0.25, 0.3) is 5.91 Å². The highest BCUT2D eigenvalue weighted by molar-refractivity contribution is 9.10. The Morgan fingerprint density at radius 2 is 2.12 bits per heavy atom. The van der Waals surface area contributed by atoms with Crippen molar-refractivity contribution in [3.63, 3.8) is 0 Å². The highest BCUT2D eigenvalue weighted by Crippen LogP contribution is 2.35. The maximum atomic E-state index is 12.2. The minimum absolute atomic E-state index is 0.211. The minimum Gasteiger partial charge on any atom is -0.493 e. The summed E-state index contributed by atoms with van der Waals surface area (Å²) in [5, 5.41) is 3.95. The molecule has 0 aliphatic carbocycles. The molecule has 0 atom stereocenters. The monoisotopic (exact) mass is 470 g/mol. The number of nitrogens with one attached hydrogen (secondary N) is 1. The predicted molar refractivity (Wildman–Crippen MR) is 113 cm³/mol. The van der Waals surface area contributed by atoms with Gasteiger partial charge in [-0.1, -0.05) is 35.3 Å². The van der Waals surface area contributed by atoms with E-state index in [4.69, 9.17) is 27.9 Å². The van der Waals surface area contributed by atoms with Gasteiger partial charge in [-0.3, -0.25) is 4.79 Å². The van der Waals surface area contributed by atoms with Crippen molar-refractivity contribution in [2.45, 2.75) is 6.92 Å². The molecule has 1 aliphatic rings. The fraction of sp³-hybridized carbons (Fsp3) is 0.111. The molecule has 0 spiro atoms. The van der Waals surface area contributed by atoms with E-state index < -0.39 is 0 Å². The second kappa shape index (κ2) is 8.48. The van der Waals surface area contributed by atoms with Crippen LogP contribution in [0.4, 0.5) is 5.69 Å². The zero-order valence-corrected chi connectivity index (χ0v) is 17.5. The highest BCUT2D eigenvalue weighted by Gasteiger charge is 2.24. The summed E-state index contributed by atoms with van der Waals surface area (Å²) in [6.07, 6.45) is 1.79. The summed E-state index contributed by atoms with van der Waals surface area (Å²) in [5.74, 6) is 0.549. The number of halogens is 3. The molecular weight excluding hydrogens is 459 g/mol. The number of thioether (sulfide) groups is 1. The lowest BCUT2D eigenvalue weighted by molar-refractivity contribution is -0.115. The van der Waals surface area contributed by atoms with Gasteiger partial charge in [0.1, 0.15) is 5.75 Å². The van der Waals surface area contributed by atoms with Crippen molar-refractivity contribution in [2.24, 2.45) is 4.99 Å². The molecule has 0 saturated carbocycles. The quantitative estimate of drug-likeness (QED) is 0.552. The van der Waals surface area contributed by atoms with Crippen LogP contribution in [0, 0.1) is 0 Å². The van der Waals surface area contributed by atoms with Crippen LogP contribution >= 0.6 is 50.9 Å². The third kappa shape index (κ3) is 4.43. The maximum absolute atomic E-state index is 12.2. The number of ether oxygens (including phenoxy) is 1. The summed E-state index contributed by atoms with van der Waals surface area (Å²) in [6.45, 7) is 2.51. The number of amides is 1. The van der Waals surface area contributed by atoms with E-state index in [0.717, 1.165) is 15.8 Å². The Bertz CT molecular complexity index is 931. The lowest BCUT2D eigenvalue weighted by atomic mass is 10.2. The molecule has 26 heavy (non-hydrogen) atoms. The topological polar surface area (TPSA) is 50.7 Å². The van der Waals surface area contributed by atoms with Gasteiger partial charge in [0.2, 0.25) is 0 Å². The summed E-state index contributed by atoms with van der Waals surface area (Å²) in [4.78, 5) is 17.1. The Balaban J connectivity index is 1.83. The molecule has 134 valence electrons. The van der Waals surface area contributed by atoms with E-state index in [1.54, 1.807) is 24.3 Å². The van der Waals surface area contributed by atoms with Gasteiger partial charge >= 0.3 is 0 Å². The Morgan fingerprint density at radius 1 is 1.31 bits per heavy atom. The average Bonchev–Trinajstić information content (AvgIpc) is 2.94. The molecule has 2 aromatic rings. The lowest BCUT2D eigenvalue weighted by Crippen LogP contribution is -2.19. The van der Waals surface area contributed by atoms with Gasteiger partial charge in [-0.05, 0) is 70.5 Å².